The predicted octanol–water partition coefficient (Wildman–Crippen LogP) is 7.15. The highest BCUT2D eigenvalue weighted by Crippen LogP contribution is 2.37. The van der Waals surface area contributed by atoms with Crippen LogP contribution in [0.4, 0.5) is 40.3 Å². The van der Waals surface area contributed by atoms with E-state index in [1.165, 1.54) is 23.1 Å². The van der Waals surface area contributed by atoms with E-state index in [1.54, 1.807) is 27.7 Å². The normalized spacial score (nSPS) is 18.2. The van der Waals surface area contributed by atoms with Crippen LogP contribution in [0.1, 0.15) is 67.5 Å². The molecule has 3 amide bonds. The molecule has 1 fully saturated rings. The zero-order chi connectivity index (χ0) is 30.8. The highest BCUT2D eigenvalue weighted by Gasteiger charge is 2.37. The minimum atomic E-state index is -4.98. The van der Waals surface area contributed by atoms with Gasteiger partial charge in [-0.05, 0) is 94.0 Å². The molecule has 0 saturated carbocycles. The van der Waals surface area contributed by atoms with Crippen molar-refractivity contribution in [1.82, 2.24) is 15.5 Å². The van der Waals surface area contributed by atoms with Gasteiger partial charge in [-0.25, -0.2) is 14.0 Å². The number of hydrogen-bond acceptors (Lipinski definition) is 3. The number of alkyl halides is 6. The molecule has 0 aromatic heterocycles. The maximum absolute atomic E-state index is 13.8. The molecule has 2 aromatic rings. The number of benzene rings is 2. The van der Waals surface area contributed by atoms with E-state index in [4.69, 9.17) is 4.74 Å². The first kappa shape index (κ1) is 32.0. The van der Waals surface area contributed by atoms with Crippen LogP contribution in [0.25, 0.3) is 0 Å². The number of carbonyl (C=O) groups excluding carboxylic acids is 2. The van der Waals surface area contributed by atoms with Crippen LogP contribution >= 0.6 is 0 Å². The molecule has 1 aliphatic rings. The van der Waals surface area contributed by atoms with Gasteiger partial charge in [0.05, 0.1) is 17.2 Å². The molecule has 0 radical (unpaired) electrons. The lowest BCUT2D eigenvalue weighted by Gasteiger charge is -2.40. The van der Waals surface area contributed by atoms with Gasteiger partial charge in [-0.3, -0.25) is 0 Å². The maximum atomic E-state index is 13.8. The smallest absolute Gasteiger partial charge is 0.416 e. The Morgan fingerprint density at radius 1 is 0.976 bits per heavy atom. The molecule has 0 aliphatic carbocycles. The minimum Gasteiger partial charge on any atom is -0.444 e. The van der Waals surface area contributed by atoms with Gasteiger partial charge in [0.15, 0.2) is 0 Å². The lowest BCUT2D eigenvalue weighted by atomic mass is 9.89. The van der Waals surface area contributed by atoms with Crippen molar-refractivity contribution in [2.24, 2.45) is 0 Å². The van der Waals surface area contributed by atoms with Gasteiger partial charge >= 0.3 is 24.5 Å². The monoisotopic (exact) mass is 591 g/mol. The molecular weight excluding hydrogens is 559 g/mol. The van der Waals surface area contributed by atoms with Crippen molar-refractivity contribution in [3.63, 3.8) is 0 Å². The van der Waals surface area contributed by atoms with Crippen molar-refractivity contribution in [3.8, 4) is 0 Å². The van der Waals surface area contributed by atoms with Crippen molar-refractivity contribution in [2.75, 3.05) is 13.1 Å². The second-order valence-corrected chi connectivity index (χ2v) is 11.0. The van der Waals surface area contributed by atoms with Crippen LogP contribution in [0.5, 0.6) is 0 Å². The van der Waals surface area contributed by atoms with Gasteiger partial charge in [0.25, 0.3) is 0 Å². The lowest BCUT2D eigenvalue weighted by molar-refractivity contribution is -0.143. The summed E-state index contributed by atoms with van der Waals surface area (Å²) in [5, 5.41) is 5.36. The summed E-state index contributed by atoms with van der Waals surface area (Å²) in [6, 6.07) is 3.80. The van der Waals surface area contributed by atoms with Crippen LogP contribution in [0.3, 0.4) is 0 Å². The van der Waals surface area contributed by atoms with E-state index in [0.717, 1.165) is 0 Å². The summed E-state index contributed by atoms with van der Waals surface area (Å²) in [6.45, 7) is 6.75. The molecule has 2 unspecified atom stereocenters. The van der Waals surface area contributed by atoms with Gasteiger partial charge in [-0.15, -0.1) is 0 Å². The zero-order valence-corrected chi connectivity index (χ0v) is 23.0. The number of ether oxygens (including phenoxy) is 1. The summed E-state index contributed by atoms with van der Waals surface area (Å²) < 4.78 is 98.2. The minimum absolute atomic E-state index is 0.0488. The molecule has 41 heavy (non-hydrogen) atoms. The standard InChI is InChI=1S/C28H32F7N3O3/c1-16-11-20(29)5-6-22(16)23-15-21(37-25(40)41-26(2,3)4)8-10-38(23)24(39)36-9-7-17-12-18(27(30,31)32)14-19(13-17)28(33,34)35/h5-6,11-14,21,23H,7-10,15H2,1-4H3,(H,36,39)(H,37,40). The van der Waals surface area contributed by atoms with E-state index in [-0.39, 0.29) is 43.6 Å². The fourth-order valence-corrected chi connectivity index (χ4v) is 4.70. The van der Waals surface area contributed by atoms with Crippen LogP contribution in [0.15, 0.2) is 36.4 Å². The highest BCUT2D eigenvalue weighted by atomic mass is 19.4. The van der Waals surface area contributed by atoms with E-state index >= 15 is 0 Å². The first-order valence-corrected chi connectivity index (χ1v) is 12.9. The topological polar surface area (TPSA) is 70.7 Å². The van der Waals surface area contributed by atoms with E-state index in [2.05, 4.69) is 10.6 Å². The Hall–Kier alpha value is -3.51. The molecule has 6 nitrogen and oxygen atoms in total. The van der Waals surface area contributed by atoms with Gasteiger partial charge in [0, 0.05) is 19.1 Å². The van der Waals surface area contributed by atoms with E-state index in [0.29, 0.717) is 29.7 Å². The molecule has 2 aromatic carbocycles. The Labute approximate surface area is 233 Å². The number of nitrogens with zero attached hydrogens (tertiary/aromatic N) is 1. The number of hydrogen-bond donors (Lipinski definition) is 2. The Kier molecular flexibility index (Phi) is 9.49. The molecule has 2 atom stereocenters. The molecule has 0 spiro atoms. The van der Waals surface area contributed by atoms with E-state index < -0.39 is 53.1 Å². The summed E-state index contributed by atoms with van der Waals surface area (Å²) in [5.41, 5.74) is -2.63. The highest BCUT2D eigenvalue weighted by molar-refractivity contribution is 5.75. The molecule has 1 heterocycles. The number of nitrogens with one attached hydrogen (secondary N) is 2. The average Bonchev–Trinajstić information content (AvgIpc) is 2.81. The summed E-state index contributed by atoms with van der Waals surface area (Å²) >= 11 is 0. The quantitative estimate of drug-likeness (QED) is 0.363. The molecule has 1 saturated heterocycles. The van der Waals surface area contributed by atoms with Crippen molar-refractivity contribution >= 4 is 12.1 Å². The molecule has 1 aliphatic heterocycles. The predicted molar refractivity (Wildman–Crippen MR) is 137 cm³/mol. The first-order valence-electron chi connectivity index (χ1n) is 12.9. The van der Waals surface area contributed by atoms with E-state index in [9.17, 15) is 40.3 Å². The second-order valence-electron chi connectivity index (χ2n) is 11.0. The summed E-state index contributed by atoms with van der Waals surface area (Å²) in [6.07, 6.45) is -10.2. The molecule has 13 heteroatoms. The van der Waals surface area contributed by atoms with Gasteiger partial charge in [-0.2, -0.15) is 26.3 Å². The van der Waals surface area contributed by atoms with E-state index in [1.807, 2.05) is 0 Å². The van der Waals surface area contributed by atoms with Crippen molar-refractivity contribution in [1.29, 1.82) is 0 Å². The maximum Gasteiger partial charge on any atom is 0.416 e. The number of amides is 3. The van der Waals surface area contributed by atoms with Crippen molar-refractivity contribution < 1.29 is 45.1 Å². The Bertz CT molecular complexity index is 1220. The number of urea groups is 1. The number of rotatable bonds is 5. The van der Waals surface area contributed by atoms with Gasteiger partial charge < -0.3 is 20.3 Å². The average molecular weight is 592 g/mol. The number of alkyl carbamates (subject to hydrolysis) is 1. The fraction of sp³-hybridized carbons (Fsp3) is 0.500. The number of carbonyl (C=O) groups is 2. The third-order valence-electron chi connectivity index (χ3n) is 6.51. The first-order chi connectivity index (χ1) is 18.8. The Morgan fingerprint density at radius 2 is 1.59 bits per heavy atom. The number of aryl methyl sites for hydroxylation is 1. The number of piperidine rings is 1. The van der Waals surface area contributed by atoms with Crippen LogP contribution < -0.4 is 10.6 Å². The largest absolute Gasteiger partial charge is 0.444 e. The lowest BCUT2D eigenvalue weighted by Crippen LogP contribution is -2.51. The molecule has 3 rings (SSSR count). The summed E-state index contributed by atoms with van der Waals surface area (Å²) in [4.78, 5) is 27.0. The third-order valence-corrected chi connectivity index (χ3v) is 6.51. The molecule has 0 bridgehead atoms. The number of halogens is 7. The van der Waals surface area contributed by atoms with Crippen LogP contribution in [0.2, 0.25) is 0 Å². The van der Waals surface area contributed by atoms with Crippen molar-refractivity contribution in [2.45, 2.75) is 77.0 Å². The van der Waals surface area contributed by atoms with Gasteiger partial charge in [0.1, 0.15) is 11.4 Å². The summed E-state index contributed by atoms with van der Waals surface area (Å²) in [7, 11) is 0. The number of likely N-dealkylation sites (tertiary alicyclic amines) is 1. The Balaban J connectivity index is 1.75. The van der Waals surface area contributed by atoms with Crippen molar-refractivity contribution in [3.05, 3.63) is 70.0 Å². The summed E-state index contributed by atoms with van der Waals surface area (Å²) in [5.74, 6) is -0.471. The second kappa shape index (κ2) is 12.2. The third kappa shape index (κ3) is 8.99. The molecular formula is C28H32F7N3O3. The van der Waals surface area contributed by atoms with Gasteiger partial charge in [-0.1, -0.05) is 6.07 Å². The SMILES string of the molecule is Cc1cc(F)ccc1C1CC(NC(=O)OC(C)(C)C)CCN1C(=O)NCCc1cc(C(F)(F)F)cc(C(F)(F)F)c1. The Morgan fingerprint density at radius 3 is 2.12 bits per heavy atom. The molecule has 2 N–H and O–H groups in total. The fourth-order valence-electron chi connectivity index (χ4n) is 4.70. The zero-order valence-electron chi connectivity index (χ0n) is 23.0. The van der Waals surface area contributed by atoms with Crippen LogP contribution in [0, 0.1) is 12.7 Å². The molecule has 226 valence electrons. The van der Waals surface area contributed by atoms with Crippen LogP contribution in [-0.4, -0.2) is 41.8 Å². The van der Waals surface area contributed by atoms with Crippen LogP contribution in [-0.2, 0) is 23.5 Å². The van der Waals surface area contributed by atoms with Gasteiger partial charge in [0.2, 0.25) is 0 Å².